The normalized spacial score (nSPS) is 14.5. The van der Waals surface area contributed by atoms with Crippen LogP contribution < -0.4 is 9.62 Å². The molecule has 1 aliphatic rings. The second-order valence-corrected chi connectivity index (χ2v) is 12.7. The monoisotopic (exact) mass is 581 g/mol. The van der Waals surface area contributed by atoms with E-state index in [0.29, 0.717) is 10.7 Å². The van der Waals surface area contributed by atoms with E-state index in [1.165, 1.54) is 29.2 Å². The molecule has 0 spiro atoms. The highest BCUT2D eigenvalue weighted by molar-refractivity contribution is 7.92. The van der Waals surface area contributed by atoms with Gasteiger partial charge in [-0.15, -0.1) is 0 Å². The van der Waals surface area contributed by atoms with E-state index in [1.807, 2.05) is 50.2 Å². The van der Waals surface area contributed by atoms with Gasteiger partial charge in [0.1, 0.15) is 12.6 Å². The van der Waals surface area contributed by atoms with Crippen molar-refractivity contribution in [3.8, 4) is 0 Å². The molecule has 0 bridgehead atoms. The summed E-state index contributed by atoms with van der Waals surface area (Å²) in [6, 6.07) is 19.8. The maximum Gasteiger partial charge on any atom is 0.264 e. The molecule has 1 fully saturated rings. The predicted octanol–water partition coefficient (Wildman–Crippen LogP) is 5.63. The molecule has 2 amide bonds. The number of carbonyl (C=O) groups excluding carboxylic acids is 2. The highest BCUT2D eigenvalue weighted by Crippen LogP contribution is 2.27. The first kappa shape index (κ1) is 29.6. The predicted molar refractivity (Wildman–Crippen MR) is 159 cm³/mol. The number of hydrogen-bond donors (Lipinski definition) is 1. The summed E-state index contributed by atoms with van der Waals surface area (Å²) in [5, 5.41) is 3.49. The lowest BCUT2D eigenvalue weighted by Gasteiger charge is -2.32. The zero-order chi connectivity index (χ0) is 28.9. The Kier molecular flexibility index (Phi) is 9.53. The fourth-order valence-electron chi connectivity index (χ4n) is 4.90. The highest BCUT2D eigenvalue weighted by Gasteiger charge is 2.33. The number of anilines is 1. The summed E-state index contributed by atoms with van der Waals surface area (Å²) in [5.41, 5.74) is 3.11. The van der Waals surface area contributed by atoms with Crippen LogP contribution in [0.15, 0.2) is 77.7 Å². The molecule has 1 saturated carbocycles. The molecule has 3 aromatic carbocycles. The van der Waals surface area contributed by atoms with Crippen molar-refractivity contribution in [1.82, 2.24) is 10.2 Å². The number of benzene rings is 3. The van der Waals surface area contributed by atoms with Crippen molar-refractivity contribution in [2.24, 2.45) is 0 Å². The molecule has 7 nitrogen and oxygen atoms in total. The van der Waals surface area contributed by atoms with Gasteiger partial charge in [-0.2, -0.15) is 0 Å². The molecular weight excluding hydrogens is 546 g/mol. The molecule has 1 aliphatic carbocycles. The number of carbonyl (C=O) groups is 2. The molecule has 0 radical (unpaired) electrons. The molecule has 4 rings (SSSR count). The molecular formula is C31H36ClN3O4S. The van der Waals surface area contributed by atoms with Gasteiger partial charge in [0, 0.05) is 17.6 Å². The first-order chi connectivity index (χ1) is 19.1. The van der Waals surface area contributed by atoms with Crippen LogP contribution in [0.1, 0.15) is 49.3 Å². The maximum absolute atomic E-state index is 14.0. The topological polar surface area (TPSA) is 86.8 Å². The summed E-state index contributed by atoms with van der Waals surface area (Å²) in [4.78, 5) is 28.8. The van der Waals surface area contributed by atoms with E-state index in [2.05, 4.69) is 5.32 Å². The molecule has 212 valence electrons. The van der Waals surface area contributed by atoms with Crippen molar-refractivity contribution in [3.63, 3.8) is 0 Å². The van der Waals surface area contributed by atoms with Crippen LogP contribution >= 0.6 is 11.6 Å². The molecule has 40 heavy (non-hydrogen) atoms. The lowest BCUT2D eigenvalue weighted by atomic mass is 10.1. The van der Waals surface area contributed by atoms with Gasteiger partial charge >= 0.3 is 0 Å². The first-order valence-corrected chi connectivity index (χ1v) is 15.4. The molecule has 0 heterocycles. The van der Waals surface area contributed by atoms with Crippen LogP contribution in [0.2, 0.25) is 5.02 Å². The third-order valence-electron chi connectivity index (χ3n) is 7.52. The minimum atomic E-state index is -4.14. The van der Waals surface area contributed by atoms with Gasteiger partial charge in [0.15, 0.2) is 0 Å². The smallest absolute Gasteiger partial charge is 0.264 e. The van der Waals surface area contributed by atoms with Crippen molar-refractivity contribution in [2.75, 3.05) is 10.8 Å². The minimum absolute atomic E-state index is 0.0181. The van der Waals surface area contributed by atoms with Gasteiger partial charge in [0.2, 0.25) is 11.8 Å². The Morgan fingerprint density at radius 1 is 0.950 bits per heavy atom. The van der Waals surface area contributed by atoms with Gasteiger partial charge in [-0.05, 0) is 86.7 Å². The van der Waals surface area contributed by atoms with Crippen LogP contribution in [-0.2, 0) is 26.2 Å². The number of halogens is 1. The number of sulfonamides is 1. The summed E-state index contributed by atoms with van der Waals surface area (Å²) in [6.45, 7) is 5.22. The van der Waals surface area contributed by atoms with E-state index < -0.39 is 28.5 Å². The number of nitrogens with one attached hydrogen (secondary N) is 1. The van der Waals surface area contributed by atoms with Gasteiger partial charge < -0.3 is 10.2 Å². The van der Waals surface area contributed by atoms with Gasteiger partial charge in [0.25, 0.3) is 10.0 Å². The Balaban J connectivity index is 1.69. The Morgan fingerprint density at radius 2 is 1.60 bits per heavy atom. The summed E-state index contributed by atoms with van der Waals surface area (Å²) in [7, 11) is -4.14. The van der Waals surface area contributed by atoms with E-state index in [1.54, 1.807) is 19.1 Å². The van der Waals surface area contributed by atoms with Gasteiger partial charge in [-0.1, -0.05) is 60.8 Å². The van der Waals surface area contributed by atoms with Gasteiger partial charge in [-0.25, -0.2) is 8.42 Å². The largest absolute Gasteiger partial charge is 0.352 e. The van der Waals surface area contributed by atoms with Crippen molar-refractivity contribution in [1.29, 1.82) is 0 Å². The molecule has 1 atom stereocenters. The summed E-state index contributed by atoms with van der Waals surface area (Å²) in [6.07, 6.45) is 3.98. The summed E-state index contributed by atoms with van der Waals surface area (Å²) in [5.74, 6) is -0.719. The first-order valence-electron chi connectivity index (χ1n) is 13.6. The quantitative estimate of drug-likeness (QED) is 0.336. The Hall–Kier alpha value is -3.36. The molecule has 0 aliphatic heterocycles. The van der Waals surface area contributed by atoms with Crippen molar-refractivity contribution in [3.05, 3.63) is 94.5 Å². The highest BCUT2D eigenvalue weighted by atomic mass is 35.5. The maximum atomic E-state index is 14.0. The zero-order valence-corrected chi connectivity index (χ0v) is 24.7. The van der Waals surface area contributed by atoms with Crippen LogP contribution in [-0.4, -0.2) is 43.8 Å². The van der Waals surface area contributed by atoms with E-state index in [4.69, 9.17) is 11.6 Å². The van der Waals surface area contributed by atoms with Crippen LogP contribution in [0.3, 0.4) is 0 Å². The molecule has 0 saturated heterocycles. The molecule has 0 unspecified atom stereocenters. The van der Waals surface area contributed by atoms with Crippen LogP contribution in [0.5, 0.6) is 0 Å². The third-order valence-corrected chi connectivity index (χ3v) is 9.56. The standard InChI is InChI=1S/C31H36ClN3O4S/c1-22-13-16-28(19-23(22)2)35(40(38,39)29-17-14-26(32)15-18-29)21-30(36)34(20-25-9-5-4-6-10-25)24(3)31(37)33-27-11-7-8-12-27/h4-6,9-10,13-19,24,27H,7-8,11-12,20-21H2,1-3H3,(H,33,37)/t24-/m1/s1. The number of hydrogen-bond acceptors (Lipinski definition) is 4. The van der Waals surface area contributed by atoms with E-state index in [-0.39, 0.29) is 23.4 Å². The average molecular weight is 582 g/mol. The molecule has 1 N–H and O–H groups in total. The van der Waals surface area contributed by atoms with Crippen molar-refractivity contribution < 1.29 is 18.0 Å². The van der Waals surface area contributed by atoms with E-state index in [0.717, 1.165) is 46.7 Å². The van der Waals surface area contributed by atoms with Crippen molar-refractivity contribution in [2.45, 2.75) is 70.0 Å². The third kappa shape index (κ3) is 7.04. The van der Waals surface area contributed by atoms with Gasteiger partial charge in [-0.3, -0.25) is 13.9 Å². The Morgan fingerprint density at radius 3 is 2.23 bits per heavy atom. The van der Waals surface area contributed by atoms with Crippen molar-refractivity contribution >= 4 is 39.1 Å². The van der Waals surface area contributed by atoms with E-state index >= 15 is 0 Å². The number of aryl methyl sites for hydroxylation is 2. The molecule has 9 heteroatoms. The second kappa shape index (κ2) is 12.9. The lowest BCUT2D eigenvalue weighted by molar-refractivity contribution is -0.139. The van der Waals surface area contributed by atoms with E-state index in [9.17, 15) is 18.0 Å². The lowest BCUT2D eigenvalue weighted by Crippen LogP contribution is -2.52. The van der Waals surface area contributed by atoms with Gasteiger partial charge in [0.05, 0.1) is 10.6 Å². The van der Waals surface area contributed by atoms with Crippen LogP contribution in [0.4, 0.5) is 5.69 Å². The SMILES string of the molecule is Cc1ccc(N(CC(=O)N(Cc2ccccc2)[C@H](C)C(=O)NC2CCCC2)S(=O)(=O)c2ccc(Cl)cc2)cc1C. The van der Waals surface area contributed by atoms with Crippen LogP contribution in [0.25, 0.3) is 0 Å². The summed E-state index contributed by atoms with van der Waals surface area (Å²) >= 11 is 6.02. The zero-order valence-electron chi connectivity index (χ0n) is 23.1. The van der Waals surface area contributed by atoms with Crippen LogP contribution in [0, 0.1) is 13.8 Å². The second-order valence-electron chi connectivity index (χ2n) is 10.4. The Labute approximate surface area is 242 Å². The number of rotatable bonds is 10. The molecule has 0 aromatic heterocycles. The number of nitrogens with zero attached hydrogens (tertiary/aromatic N) is 2. The fourth-order valence-corrected chi connectivity index (χ4v) is 6.43. The molecule has 3 aromatic rings. The average Bonchev–Trinajstić information content (AvgIpc) is 3.45. The fraction of sp³-hybridized carbons (Fsp3) is 0.355. The Bertz CT molecular complexity index is 1440. The summed E-state index contributed by atoms with van der Waals surface area (Å²) < 4.78 is 29.0. The number of amides is 2. The minimum Gasteiger partial charge on any atom is -0.352 e.